The van der Waals surface area contributed by atoms with Gasteiger partial charge in [0, 0.05) is 28.7 Å². The summed E-state index contributed by atoms with van der Waals surface area (Å²) in [5.74, 6) is -0.271. The van der Waals surface area contributed by atoms with Gasteiger partial charge in [-0.1, -0.05) is 39.2 Å². The highest BCUT2D eigenvalue weighted by molar-refractivity contribution is 7.16. The van der Waals surface area contributed by atoms with Gasteiger partial charge in [0.25, 0.3) is 5.91 Å². The van der Waals surface area contributed by atoms with Crippen molar-refractivity contribution in [3.05, 3.63) is 33.0 Å². The van der Waals surface area contributed by atoms with Crippen molar-refractivity contribution in [2.45, 2.75) is 89.7 Å². The van der Waals surface area contributed by atoms with E-state index in [9.17, 15) is 19.8 Å². The van der Waals surface area contributed by atoms with Crippen LogP contribution >= 0.6 is 22.7 Å². The van der Waals surface area contributed by atoms with Crippen LogP contribution in [0.3, 0.4) is 0 Å². The van der Waals surface area contributed by atoms with Crippen LogP contribution < -0.4 is 10.6 Å². The molecule has 2 aromatic rings. The number of aliphatic hydroxyl groups excluding tert-OH is 2. The number of hydrogen-bond acceptors (Lipinski definition) is 7. The van der Waals surface area contributed by atoms with Crippen LogP contribution in [-0.4, -0.2) is 45.8 Å². The summed E-state index contributed by atoms with van der Waals surface area (Å²) in [6.07, 6.45) is 7.38. The molecule has 196 valence electrons. The molecule has 0 aliphatic heterocycles. The van der Waals surface area contributed by atoms with Gasteiger partial charge in [0.15, 0.2) is 5.13 Å². The molecular formula is C27H37N3O4S2. The summed E-state index contributed by atoms with van der Waals surface area (Å²) in [5, 5.41) is 30.0. The average molecular weight is 532 g/mol. The average Bonchev–Trinajstić information content (AvgIpc) is 3.54. The molecule has 2 aromatic heterocycles. The number of aromatic nitrogens is 1. The van der Waals surface area contributed by atoms with E-state index in [1.54, 1.807) is 6.07 Å². The molecule has 0 aromatic carbocycles. The molecule has 5 rings (SSSR count). The van der Waals surface area contributed by atoms with Gasteiger partial charge >= 0.3 is 0 Å². The standard InChI is InChI=1S/C27H37N3O4S2/c1-26-11-10-21(32)27(2,15-31)20(26)14-19-23(17(26)13-22(33)28-16-7-4-3-5-8-16)29-25(36-19)30-24(34)18-9-6-12-35-18/h6,9,12,16-17,20-21,31-32H,3-5,7-8,10-11,13-15H2,1-2H3,(H,28,33)(H,29,30,34)/t17?,20?,21?,26-,27-/m0/s1. The molecule has 3 aliphatic rings. The van der Waals surface area contributed by atoms with Crippen molar-refractivity contribution in [2.75, 3.05) is 11.9 Å². The molecule has 4 N–H and O–H groups in total. The molecule has 5 atom stereocenters. The van der Waals surface area contributed by atoms with Crippen LogP contribution in [-0.2, 0) is 11.2 Å². The van der Waals surface area contributed by atoms with Gasteiger partial charge in [-0.2, -0.15) is 0 Å². The summed E-state index contributed by atoms with van der Waals surface area (Å²) in [6, 6.07) is 3.88. The maximum atomic E-state index is 13.3. The van der Waals surface area contributed by atoms with Gasteiger partial charge in [-0.3, -0.25) is 14.9 Å². The number of rotatable bonds is 6. The zero-order chi connectivity index (χ0) is 25.5. The van der Waals surface area contributed by atoms with Crippen LogP contribution in [0.2, 0.25) is 0 Å². The molecule has 2 fully saturated rings. The number of hydrogen-bond donors (Lipinski definition) is 4. The molecule has 7 nitrogen and oxygen atoms in total. The molecule has 2 heterocycles. The molecular weight excluding hydrogens is 494 g/mol. The molecule has 2 amide bonds. The summed E-state index contributed by atoms with van der Waals surface area (Å²) >= 11 is 2.85. The fraction of sp³-hybridized carbons (Fsp3) is 0.667. The SMILES string of the molecule is C[C@@]12CCC(O)[C@@](C)(CO)C1Cc1sc(NC(=O)c3cccs3)nc1C2CC(=O)NC1CCCCC1. The monoisotopic (exact) mass is 531 g/mol. The van der Waals surface area contributed by atoms with Crippen molar-refractivity contribution < 1.29 is 19.8 Å². The quantitative estimate of drug-likeness (QED) is 0.431. The molecule has 9 heteroatoms. The molecule has 3 aliphatic carbocycles. The highest BCUT2D eigenvalue weighted by Gasteiger charge is 2.59. The molecule has 3 unspecified atom stereocenters. The van der Waals surface area contributed by atoms with Crippen LogP contribution in [0.25, 0.3) is 0 Å². The number of amides is 2. The second kappa shape index (κ2) is 10.2. The second-order valence-electron chi connectivity index (χ2n) is 11.4. The third-order valence-electron chi connectivity index (χ3n) is 9.22. The Morgan fingerprint density at radius 1 is 1.19 bits per heavy atom. The van der Waals surface area contributed by atoms with E-state index in [0.29, 0.717) is 29.3 Å². The predicted molar refractivity (Wildman–Crippen MR) is 142 cm³/mol. The fourth-order valence-electron chi connectivity index (χ4n) is 6.98. The number of fused-ring (bicyclic) bond motifs is 2. The first kappa shape index (κ1) is 25.8. The van der Waals surface area contributed by atoms with E-state index < -0.39 is 11.5 Å². The summed E-state index contributed by atoms with van der Waals surface area (Å²) < 4.78 is 0. The van der Waals surface area contributed by atoms with Crippen LogP contribution in [0.4, 0.5) is 5.13 Å². The Hall–Kier alpha value is -1.81. The number of anilines is 1. The van der Waals surface area contributed by atoms with Crippen molar-refractivity contribution in [1.29, 1.82) is 0 Å². The van der Waals surface area contributed by atoms with Crippen molar-refractivity contribution in [2.24, 2.45) is 16.7 Å². The van der Waals surface area contributed by atoms with Gasteiger partial charge in [0.05, 0.1) is 23.3 Å². The lowest BCUT2D eigenvalue weighted by molar-refractivity contribution is -0.144. The van der Waals surface area contributed by atoms with E-state index in [-0.39, 0.29) is 41.7 Å². The Morgan fingerprint density at radius 2 is 1.97 bits per heavy atom. The Balaban J connectivity index is 1.46. The summed E-state index contributed by atoms with van der Waals surface area (Å²) in [5.41, 5.74) is -0.0557. The molecule has 2 saturated carbocycles. The van der Waals surface area contributed by atoms with E-state index in [4.69, 9.17) is 4.98 Å². The third-order valence-corrected chi connectivity index (χ3v) is 11.1. The Morgan fingerprint density at radius 3 is 2.67 bits per heavy atom. The van der Waals surface area contributed by atoms with Crippen LogP contribution in [0.15, 0.2) is 17.5 Å². The first-order valence-corrected chi connectivity index (χ1v) is 14.9. The van der Waals surface area contributed by atoms with E-state index in [0.717, 1.165) is 42.7 Å². The lowest BCUT2D eigenvalue weighted by atomic mass is 9.47. The molecule has 0 bridgehead atoms. The lowest BCUT2D eigenvalue weighted by Crippen LogP contribution is -2.57. The summed E-state index contributed by atoms with van der Waals surface area (Å²) in [6.45, 7) is 4.08. The van der Waals surface area contributed by atoms with Gasteiger partial charge in [0.2, 0.25) is 5.91 Å². The summed E-state index contributed by atoms with van der Waals surface area (Å²) in [7, 11) is 0. The van der Waals surface area contributed by atoms with E-state index >= 15 is 0 Å². The van der Waals surface area contributed by atoms with Gasteiger partial charge in [-0.15, -0.1) is 22.7 Å². The number of nitrogens with one attached hydrogen (secondary N) is 2. The minimum atomic E-state index is -0.660. The smallest absolute Gasteiger partial charge is 0.267 e. The van der Waals surface area contributed by atoms with Crippen LogP contribution in [0.5, 0.6) is 0 Å². The molecule has 0 saturated heterocycles. The highest BCUT2D eigenvalue weighted by Crippen LogP contribution is 2.62. The van der Waals surface area contributed by atoms with Crippen molar-refractivity contribution >= 4 is 39.6 Å². The van der Waals surface area contributed by atoms with E-state index in [1.807, 2.05) is 18.4 Å². The first-order valence-electron chi connectivity index (χ1n) is 13.2. The molecule has 0 radical (unpaired) electrons. The Kier molecular flexibility index (Phi) is 7.29. The predicted octanol–water partition coefficient (Wildman–Crippen LogP) is 4.71. The molecule has 36 heavy (non-hydrogen) atoms. The Bertz CT molecular complexity index is 1100. The molecule has 0 spiro atoms. The van der Waals surface area contributed by atoms with Gasteiger partial charge in [-0.25, -0.2) is 4.98 Å². The Labute approximate surface area is 220 Å². The van der Waals surface area contributed by atoms with E-state index in [2.05, 4.69) is 17.6 Å². The van der Waals surface area contributed by atoms with Crippen molar-refractivity contribution in [3.8, 4) is 0 Å². The fourth-order valence-corrected chi connectivity index (χ4v) is 8.67. The number of aliphatic hydroxyl groups is 2. The van der Waals surface area contributed by atoms with Gasteiger partial charge in [-0.05, 0) is 54.9 Å². The zero-order valence-electron chi connectivity index (χ0n) is 21.1. The van der Waals surface area contributed by atoms with Crippen LogP contribution in [0.1, 0.15) is 91.4 Å². The number of carbonyl (C=O) groups excluding carboxylic acids is 2. The topological polar surface area (TPSA) is 112 Å². The number of thiophene rings is 1. The van der Waals surface area contributed by atoms with Crippen molar-refractivity contribution in [3.63, 3.8) is 0 Å². The van der Waals surface area contributed by atoms with Crippen molar-refractivity contribution in [1.82, 2.24) is 10.3 Å². The number of carbonyl (C=O) groups is 2. The lowest BCUT2D eigenvalue weighted by Gasteiger charge is -2.58. The van der Waals surface area contributed by atoms with Gasteiger partial charge < -0.3 is 15.5 Å². The largest absolute Gasteiger partial charge is 0.396 e. The maximum Gasteiger partial charge on any atom is 0.267 e. The minimum Gasteiger partial charge on any atom is -0.396 e. The normalized spacial score (nSPS) is 32.4. The number of thiazole rings is 1. The number of nitrogens with zero attached hydrogens (tertiary/aromatic N) is 1. The maximum absolute atomic E-state index is 13.3. The zero-order valence-corrected chi connectivity index (χ0v) is 22.7. The first-order chi connectivity index (χ1) is 17.2. The van der Waals surface area contributed by atoms with Crippen LogP contribution in [0, 0.1) is 16.7 Å². The van der Waals surface area contributed by atoms with Gasteiger partial charge in [0.1, 0.15) is 0 Å². The minimum absolute atomic E-state index is 0.0000260. The summed E-state index contributed by atoms with van der Waals surface area (Å²) in [4.78, 5) is 32.6. The second-order valence-corrected chi connectivity index (χ2v) is 13.4. The third kappa shape index (κ3) is 4.64. The van der Waals surface area contributed by atoms with E-state index in [1.165, 1.54) is 29.1 Å². The highest BCUT2D eigenvalue weighted by atomic mass is 32.1.